The predicted octanol–water partition coefficient (Wildman–Crippen LogP) is 4.44. The van der Waals surface area contributed by atoms with Gasteiger partial charge in [-0.05, 0) is 96.9 Å². The van der Waals surface area contributed by atoms with Crippen molar-refractivity contribution in [3.8, 4) is 5.75 Å². The summed E-state index contributed by atoms with van der Waals surface area (Å²) in [4.78, 5) is 40.5. The van der Waals surface area contributed by atoms with Gasteiger partial charge in [-0.15, -0.1) is 0 Å². The first kappa shape index (κ1) is 26.8. The summed E-state index contributed by atoms with van der Waals surface area (Å²) >= 11 is 0. The number of likely N-dealkylation sites (tertiary alicyclic amines) is 1. The maximum atomic E-state index is 12.8. The van der Waals surface area contributed by atoms with E-state index in [4.69, 9.17) is 14.2 Å². The minimum Gasteiger partial charge on any atom is -0.494 e. The van der Waals surface area contributed by atoms with E-state index in [1.807, 2.05) is 53.7 Å². The van der Waals surface area contributed by atoms with Gasteiger partial charge < -0.3 is 24.0 Å². The van der Waals surface area contributed by atoms with E-state index in [0.717, 1.165) is 30.6 Å². The van der Waals surface area contributed by atoms with Crippen LogP contribution in [-0.2, 0) is 20.7 Å². The van der Waals surface area contributed by atoms with Gasteiger partial charge in [0.1, 0.15) is 23.5 Å². The van der Waals surface area contributed by atoms with Gasteiger partial charge in [0, 0.05) is 25.2 Å². The molecule has 35 heavy (non-hydrogen) atoms. The van der Waals surface area contributed by atoms with Gasteiger partial charge in [0.25, 0.3) is 5.91 Å². The number of fused-ring (bicyclic) bond motifs is 1. The van der Waals surface area contributed by atoms with Gasteiger partial charge in [0.15, 0.2) is 0 Å². The van der Waals surface area contributed by atoms with Crippen molar-refractivity contribution >= 4 is 18.0 Å². The molecule has 194 valence electrons. The monoisotopic (exact) mass is 488 g/mol. The first-order valence-electron chi connectivity index (χ1n) is 12.6. The standard InChI is InChI=1S/C27H40N2O6/c1-26(2,3)34-23(30)18-29-15-11-20-17-21(7-8-22(20)24(29)31)33-16-12-19-9-13-28(14-10-19)25(32)35-27(4,5)6/h7-8,17,19H,9-16,18H2,1-6H3. The summed E-state index contributed by atoms with van der Waals surface area (Å²) in [5.74, 6) is 0.712. The average Bonchev–Trinajstić information content (AvgIpc) is 2.74. The summed E-state index contributed by atoms with van der Waals surface area (Å²) in [5, 5.41) is 0. The summed E-state index contributed by atoms with van der Waals surface area (Å²) in [6, 6.07) is 5.54. The fourth-order valence-electron chi connectivity index (χ4n) is 4.36. The number of carbonyl (C=O) groups excluding carboxylic acids is 3. The molecule has 1 saturated heterocycles. The number of rotatable bonds is 6. The van der Waals surface area contributed by atoms with Crippen molar-refractivity contribution < 1.29 is 28.6 Å². The Hall–Kier alpha value is -2.77. The lowest BCUT2D eigenvalue weighted by atomic mass is 9.94. The Kier molecular flexibility index (Phi) is 8.34. The Morgan fingerprint density at radius 3 is 2.26 bits per heavy atom. The summed E-state index contributed by atoms with van der Waals surface area (Å²) in [6.45, 7) is 13.5. The number of amides is 2. The first-order valence-corrected chi connectivity index (χ1v) is 12.6. The van der Waals surface area contributed by atoms with Gasteiger partial charge in [-0.3, -0.25) is 9.59 Å². The maximum absolute atomic E-state index is 12.8. The SMILES string of the molecule is CC(C)(C)OC(=O)CN1CCc2cc(OCCC3CCN(C(=O)OC(C)(C)C)CC3)ccc2C1=O. The molecule has 2 heterocycles. The zero-order valence-corrected chi connectivity index (χ0v) is 22.0. The summed E-state index contributed by atoms with van der Waals surface area (Å²) in [7, 11) is 0. The van der Waals surface area contributed by atoms with Crippen molar-refractivity contribution in [2.45, 2.75) is 78.4 Å². The molecule has 0 spiro atoms. The smallest absolute Gasteiger partial charge is 0.410 e. The molecule has 2 aliphatic heterocycles. The second-order valence-corrected chi connectivity index (χ2v) is 11.4. The van der Waals surface area contributed by atoms with Crippen LogP contribution in [0.4, 0.5) is 4.79 Å². The number of esters is 1. The Labute approximate surface area is 208 Å². The molecule has 0 unspecified atom stereocenters. The van der Waals surface area contributed by atoms with Gasteiger partial charge >= 0.3 is 12.1 Å². The third kappa shape index (κ3) is 8.15. The molecule has 2 amide bonds. The van der Waals surface area contributed by atoms with Crippen LogP contribution in [0.25, 0.3) is 0 Å². The van der Waals surface area contributed by atoms with Crippen LogP contribution < -0.4 is 4.74 Å². The summed E-state index contributed by atoms with van der Waals surface area (Å²) in [6.07, 6.45) is 3.23. The zero-order chi connectivity index (χ0) is 25.8. The van der Waals surface area contributed by atoms with Gasteiger partial charge in [-0.2, -0.15) is 0 Å². The number of carbonyl (C=O) groups is 3. The second kappa shape index (κ2) is 10.9. The van der Waals surface area contributed by atoms with Crippen molar-refractivity contribution in [2.24, 2.45) is 5.92 Å². The van der Waals surface area contributed by atoms with E-state index >= 15 is 0 Å². The number of hydrogen-bond donors (Lipinski definition) is 0. The largest absolute Gasteiger partial charge is 0.494 e. The van der Waals surface area contributed by atoms with Crippen molar-refractivity contribution in [1.82, 2.24) is 9.80 Å². The summed E-state index contributed by atoms with van der Waals surface area (Å²) < 4.78 is 16.8. The number of piperidine rings is 1. The lowest BCUT2D eigenvalue weighted by Gasteiger charge is -2.33. The van der Waals surface area contributed by atoms with Crippen LogP contribution in [0.3, 0.4) is 0 Å². The molecule has 0 aliphatic carbocycles. The van der Waals surface area contributed by atoms with Crippen molar-refractivity contribution in [3.63, 3.8) is 0 Å². The number of benzene rings is 1. The average molecular weight is 489 g/mol. The molecule has 1 aromatic carbocycles. The second-order valence-electron chi connectivity index (χ2n) is 11.4. The first-order chi connectivity index (χ1) is 16.3. The van der Waals surface area contributed by atoms with Crippen LogP contribution >= 0.6 is 0 Å². The van der Waals surface area contributed by atoms with Gasteiger partial charge in [-0.25, -0.2) is 4.79 Å². The van der Waals surface area contributed by atoms with E-state index in [-0.39, 0.29) is 18.5 Å². The molecular formula is C27H40N2O6. The molecular weight excluding hydrogens is 448 g/mol. The van der Waals surface area contributed by atoms with E-state index in [0.29, 0.717) is 44.1 Å². The molecule has 0 radical (unpaired) electrons. The lowest BCUT2D eigenvalue weighted by molar-refractivity contribution is -0.155. The van der Waals surface area contributed by atoms with E-state index < -0.39 is 17.2 Å². The van der Waals surface area contributed by atoms with E-state index in [9.17, 15) is 14.4 Å². The molecule has 1 fully saturated rings. The predicted molar refractivity (Wildman–Crippen MR) is 133 cm³/mol. The Balaban J connectivity index is 1.44. The quantitative estimate of drug-likeness (QED) is 0.550. The molecule has 0 bridgehead atoms. The highest BCUT2D eigenvalue weighted by molar-refractivity contribution is 5.98. The minimum atomic E-state index is -0.574. The Morgan fingerprint density at radius 1 is 0.971 bits per heavy atom. The molecule has 0 aromatic heterocycles. The molecule has 8 heteroatoms. The molecule has 8 nitrogen and oxygen atoms in total. The van der Waals surface area contributed by atoms with Crippen LogP contribution in [0, 0.1) is 5.92 Å². The topological polar surface area (TPSA) is 85.4 Å². The Bertz CT molecular complexity index is 923. The number of ether oxygens (including phenoxy) is 3. The lowest BCUT2D eigenvalue weighted by Crippen LogP contribution is -2.42. The summed E-state index contributed by atoms with van der Waals surface area (Å²) in [5.41, 5.74) is 0.507. The van der Waals surface area contributed by atoms with Crippen LogP contribution in [0.1, 0.15) is 76.7 Å². The Morgan fingerprint density at radius 2 is 1.63 bits per heavy atom. The van der Waals surface area contributed by atoms with E-state index in [1.54, 1.807) is 15.9 Å². The molecule has 3 rings (SSSR count). The highest BCUT2D eigenvalue weighted by atomic mass is 16.6. The highest BCUT2D eigenvalue weighted by Crippen LogP contribution is 2.26. The van der Waals surface area contributed by atoms with Crippen molar-refractivity contribution in [1.29, 1.82) is 0 Å². The fourth-order valence-corrected chi connectivity index (χ4v) is 4.36. The number of hydrogen-bond acceptors (Lipinski definition) is 6. The minimum absolute atomic E-state index is 0.0411. The van der Waals surface area contributed by atoms with Gasteiger partial charge in [0.2, 0.25) is 0 Å². The van der Waals surface area contributed by atoms with Crippen LogP contribution in [-0.4, -0.2) is 71.8 Å². The number of nitrogens with zero attached hydrogens (tertiary/aromatic N) is 2. The molecule has 2 aliphatic rings. The van der Waals surface area contributed by atoms with E-state index in [2.05, 4.69) is 0 Å². The van der Waals surface area contributed by atoms with Crippen molar-refractivity contribution in [3.05, 3.63) is 29.3 Å². The van der Waals surface area contributed by atoms with Gasteiger partial charge in [-0.1, -0.05) is 0 Å². The fraction of sp³-hybridized carbons (Fsp3) is 0.667. The third-order valence-electron chi connectivity index (χ3n) is 6.05. The van der Waals surface area contributed by atoms with Crippen LogP contribution in [0.5, 0.6) is 5.75 Å². The van der Waals surface area contributed by atoms with Crippen molar-refractivity contribution in [2.75, 3.05) is 32.8 Å². The third-order valence-corrected chi connectivity index (χ3v) is 6.05. The van der Waals surface area contributed by atoms with Gasteiger partial charge in [0.05, 0.1) is 6.61 Å². The normalized spacial score (nSPS) is 17.1. The molecule has 0 saturated carbocycles. The molecule has 0 atom stereocenters. The maximum Gasteiger partial charge on any atom is 0.410 e. The van der Waals surface area contributed by atoms with E-state index in [1.165, 1.54) is 0 Å². The van der Waals surface area contributed by atoms with Crippen LogP contribution in [0.15, 0.2) is 18.2 Å². The van der Waals surface area contributed by atoms with Crippen LogP contribution in [0.2, 0.25) is 0 Å². The highest BCUT2D eigenvalue weighted by Gasteiger charge is 2.29. The molecule has 0 N–H and O–H groups in total. The zero-order valence-electron chi connectivity index (χ0n) is 22.0. The molecule has 1 aromatic rings.